The van der Waals surface area contributed by atoms with Gasteiger partial charge in [0.05, 0.1) is 10.6 Å². The van der Waals surface area contributed by atoms with Gasteiger partial charge in [0.15, 0.2) is 15.5 Å². The molecule has 0 amide bonds. The summed E-state index contributed by atoms with van der Waals surface area (Å²) < 4.78 is 64.4. The first kappa shape index (κ1) is 21.1. The maximum absolute atomic E-state index is 13.2. The maximum Gasteiger partial charge on any atom is 0.435 e. The molecule has 1 heterocycles. The van der Waals surface area contributed by atoms with Crippen molar-refractivity contribution in [1.82, 2.24) is 9.78 Å². The van der Waals surface area contributed by atoms with Crippen molar-refractivity contribution in [2.24, 2.45) is 0 Å². The minimum Gasteiger partial charge on any atom is -0.262 e. The number of hydrogen-bond donors (Lipinski definition) is 0. The lowest BCUT2D eigenvalue weighted by Crippen LogP contribution is -2.11. The molecule has 1 unspecified atom stereocenters. The summed E-state index contributed by atoms with van der Waals surface area (Å²) in [6, 6.07) is 14.4. The lowest BCUT2D eigenvalue weighted by molar-refractivity contribution is -0.141. The summed E-state index contributed by atoms with van der Waals surface area (Å²) in [5.74, 6) is 0. The van der Waals surface area contributed by atoms with E-state index in [1.54, 1.807) is 42.5 Å². The van der Waals surface area contributed by atoms with Gasteiger partial charge in [-0.3, -0.25) is 4.68 Å². The third-order valence-corrected chi connectivity index (χ3v) is 5.92. The highest BCUT2D eigenvalue weighted by atomic mass is 32.2. The van der Waals surface area contributed by atoms with E-state index in [1.165, 1.54) is 10.7 Å². The Kier molecular flexibility index (Phi) is 5.58. The van der Waals surface area contributed by atoms with Gasteiger partial charge in [-0.05, 0) is 48.2 Å². The summed E-state index contributed by atoms with van der Waals surface area (Å²) >= 11 is 0. The highest BCUT2D eigenvalue weighted by Crippen LogP contribution is 2.34. The number of sulfone groups is 1. The lowest BCUT2D eigenvalue weighted by Gasteiger charge is -2.14. The molecule has 4 nitrogen and oxygen atoms in total. The zero-order valence-corrected chi connectivity index (χ0v) is 17.1. The van der Waals surface area contributed by atoms with Crippen LogP contribution < -0.4 is 0 Å². The van der Waals surface area contributed by atoms with Crippen molar-refractivity contribution in [3.8, 4) is 22.4 Å². The maximum atomic E-state index is 13.2. The molecule has 8 heteroatoms. The molecular weight excluding hydrogens is 401 g/mol. The van der Waals surface area contributed by atoms with E-state index in [1.807, 2.05) is 13.8 Å². The van der Waals surface area contributed by atoms with Gasteiger partial charge in [0.25, 0.3) is 0 Å². The van der Waals surface area contributed by atoms with Crippen molar-refractivity contribution in [2.75, 3.05) is 6.26 Å². The molecular formula is C21H21F3N2O2S. The summed E-state index contributed by atoms with van der Waals surface area (Å²) in [5.41, 5.74) is 1.56. The van der Waals surface area contributed by atoms with Crippen LogP contribution in [-0.2, 0) is 16.0 Å². The molecule has 0 spiro atoms. The molecule has 0 saturated carbocycles. The van der Waals surface area contributed by atoms with Crippen LogP contribution in [0.1, 0.15) is 32.0 Å². The molecule has 3 aromatic rings. The minimum absolute atomic E-state index is 0.188. The molecule has 0 bridgehead atoms. The predicted molar refractivity (Wildman–Crippen MR) is 106 cm³/mol. The minimum atomic E-state index is -4.51. The predicted octanol–water partition coefficient (Wildman–Crippen LogP) is 5.61. The average Bonchev–Trinajstić information content (AvgIpc) is 3.13. The molecule has 0 N–H and O–H groups in total. The summed E-state index contributed by atoms with van der Waals surface area (Å²) in [6.45, 7) is 3.71. The molecule has 3 rings (SSSR count). The molecule has 0 radical (unpaired) electrons. The van der Waals surface area contributed by atoms with Gasteiger partial charge >= 0.3 is 6.18 Å². The number of aromatic nitrogens is 2. The standard InChI is InChI=1S/C21H21F3N2O2S/c1-4-14(2)26-19(13-20(25-26)21(22,23)24)16-10-8-15(9-11-16)17-6-5-7-18(12-17)29(3,27)28/h5-14H,4H2,1-3H3. The van der Waals surface area contributed by atoms with E-state index >= 15 is 0 Å². The van der Waals surface area contributed by atoms with E-state index in [2.05, 4.69) is 5.10 Å². The first-order valence-corrected chi connectivity index (χ1v) is 11.0. The second-order valence-corrected chi connectivity index (χ2v) is 9.01. The molecule has 154 valence electrons. The largest absolute Gasteiger partial charge is 0.435 e. The Morgan fingerprint density at radius 1 is 1.00 bits per heavy atom. The Hall–Kier alpha value is -2.61. The van der Waals surface area contributed by atoms with Gasteiger partial charge in [-0.2, -0.15) is 18.3 Å². The SMILES string of the molecule is CCC(C)n1nc(C(F)(F)F)cc1-c1ccc(-c2cccc(S(C)(=O)=O)c2)cc1. The first-order valence-electron chi connectivity index (χ1n) is 9.08. The van der Waals surface area contributed by atoms with E-state index in [0.717, 1.165) is 17.9 Å². The van der Waals surface area contributed by atoms with Crippen molar-refractivity contribution in [1.29, 1.82) is 0 Å². The van der Waals surface area contributed by atoms with Crippen molar-refractivity contribution < 1.29 is 21.6 Å². The van der Waals surface area contributed by atoms with Crippen LogP contribution in [0, 0.1) is 0 Å². The van der Waals surface area contributed by atoms with Crippen molar-refractivity contribution in [2.45, 2.75) is 37.4 Å². The van der Waals surface area contributed by atoms with Crippen molar-refractivity contribution in [3.63, 3.8) is 0 Å². The third kappa shape index (κ3) is 4.53. The van der Waals surface area contributed by atoms with E-state index in [9.17, 15) is 21.6 Å². The number of nitrogens with zero attached hydrogens (tertiary/aromatic N) is 2. The number of halogens is 3. The van der Waals surface area contributed by atoms with Crippen LogP contribution >= 0.6 is 0 Å². The molecule has 0 saturated heterocycles. The van der Waals surface area contributed by atoms with Gasteiger partial charge in [0.2, 0.25) is 0 Å². The van der Waals surface area contributed by atoms with Gasteiger partial charge in [-0.25, -0.2) is 8.42 Å². The van der Waals surface area contributed by atoms with Gasteiger partial charge < -0.3 is 0 Å². The van der Waals surface area contributed by atoms with Crippen LogP contribution in [0.15, 0.2) is 59.5 Å². The van der Waals surface area contributed by atoms with E-state index < -0.39 is 21.7 Å². The Morgan fingerprint density at radius 2 is 1.62 bits per heavy atom. The summed E-state index contributed by atoms with van der Waals surface area (Å²) in [4.78, 5) is 0.212. The van der Waals surface area contributed by atoms with Crippen molar-refractivity contribution >= 4 is 9.84 Å². The molecule has 0 aliphatic heterocycles. The smallest absolute Gasteiger partial charge is 0.262 e. The van der Waals surface area contributed by atoms with E-state index in [0.29, 0.717) is 23.2 Å². The van der Waals surface area contributed by atoms with E-state index in [-0.39, 0.29) is 10.9 Å². The highest BCUT2D eigenvalue weighted by Gasteiger charge is 2.35. The van der Waals surface area contributed by atoms with E-state index in [4.69, 9.17) is 0 Å². The Balaban J connectivity index is 2.02. The fraction of sp³-hybridized carbons (Fsp3) is 0.286. The highest BCUT2D eigenvalue weighted by molar-refractivity contribution is 7.90. The van der Waals surface area contributed by atoms with Crippen LogP contribution in [0.2, 0.25) is 0 Å². The van der Waals surface area contributed by atoms with Crippen LogP contribution in [0.3, 0.4) is 0 Å². The van der Waals surface area contributed by atoms with Crippen LogP contribution in [-0.4, -0.2) is 24.5 Å². The first-order chi connectivity index (χ1) is 13.5. The topological polar surface area (TPSA) is 52.0 Å². The summed E-state index contributed by atoms with van der Waals surface area (Å²) in [6.07, 6.45) is -2.73. The average molecular weight is 422 g/mol. The molecule has 1 atom stereocenters. The molecule has 29 heavy (non-hydrogen) atoms. The quantitative estimate of drug-likeness (QED) is 0.537. The zero-order chi connectivity index (χ0) is 21.4. The van der Waals surface area contributed by atoms with Crippen LogP contribution in [0.25, 0.3) is 22.4 Å². The second-order valence-electron chi connectivity index (χ2n) is 6.99. The Morgan fingerprint density at radius 3 is 2.17 bits per heavy atom. The van der Waals surface area contributed by atoms with Crippen molar-refractivity contribution in [3.05, 3.63) is 60.3 Å². The number of alkyl halides is 3. The number of benzene rings is 2. The summed E-state index contributed by atoms with van der Waals surface area (Å²) in [7, 11) is -3.33. The van der Waals surface area contributed by atoms with Crippen LogP contribution in [0.5, 0.6) is 0 Å². The molecule has 0 aliphatic rings. The molecule has 0 fully saturated rings. The third-order valence-electron chi connectivity index (χ3n) is 4.81. The Labute approximate surface area is 167 Å². The lowest BCUT2D eigenvalue weighted by atomic mass is 10.0. The normalized spacial score (nSPS) is 13.4. The zero-order valence-electron chi connectivity index (χ0n) is 16.2. The summed E-state index contributed by atoms with van der Waals surface area (Å²) in [5, 5.41) is 3.77. The molecule has 0 aliphatic carbocycles. The monoisotopic (exact) mass is 422 g/mol. The number of hydrogen-bond acceptors (Lipinski definition) is 3. The Bertz CT molecular complexity index is 1120. The van der Waals surface area contributed by atoms with Gasteiger partial charge in [-0.1, -0.05) is 43.3 Å². The van der Waals surface area contributed by atoms with Crippen LogP contribution in [0.4, 0.5) is 13.2 Å². The fourth-order valence-corrected chi connectivity index (χ4v) is 3.66. The van der Waals surface area contributed by atoms with Gasteiger partial charge in [0.1, 0.15) is 0 Å². The van der Waals surface area contributed by atoms with Gasteiger partial charge in [-0.15, -0.1) is 0 Å². The van der Waals surface area contributed by atoms with Gasteiger partial charge in [0, 0.05) is 12.3 Å². The fourth-order valence-electron chi connectivity index (χ4n) is 3.00. The second kappa shape index (κ2) is 7.67. The number of rotatable bonds is 5. The molecule has 1 aromatic heterocycles. The molecule has 2 aromatic carbocycles.